The molecule has 184 valence electrons. The Morgan fingerprint density at radius 1 is 0.903 bits per heavy atom. The molecular weight excluding hydrogens is 412 g/mol. The van der Waals surface area contributed by atoms with Gasteiger partial charge in [0.25, 0.3) is 0 Å². The Bertz CT molecular complexity index is 522. The van der Waals surface area contributed by atoms with Crippen LogP contribution in [0, 0.1) is 11.3 Å². The van der Waals surface area contributed by atoms with Gasteiger partial charge in [-0.05, 0) is 38.0 Å². The second kappa shape index (κ2) is 20.8. The number of nitrogens with one attached hydrogen (secondary N) is 2. The highest BCUT2D eigenvalue weighted by atomic mass is 16.4. The number of carbonyl (C=O) groups is 3. The fourth-order valence-corrected chi connectivity index (χ4v) is 1.77. The van der Waals surface area contributed by atoms with Gasteiger partial charge in [0.05, 0.1) is 0 Å². The Labute approximate surface area is 182 Å². The molecule has 0 fully saturated rings. The number of hydrogen-bond acceptors (Lipinski definition) is 8. The van der Waals surface area contributed by atoms with E-state index in [9.17, 15) is 14.4 Å². The molecule has 0 aromatic heterocycles. The van der Waals surface area contributed by atoms with Crippen LogP contribution < -0.4 is 28.3 Å². The summed E-state index contributed by atoms with van der Waals surface area (Å²) in [4.78, 5) is 30.4. The van der Waals surface area contributed by atoms with E-state index in [4.69, 9.17) is 48.8 Å². The molecule has 0 amide bonds. The summed E-state index contributed by atoms with van der Waals surface area (Å²) in [6.07, 6.45) is 3.54. The minimum absolute atomic E-state index is 0.000972. The largest absolute Gasteiger partial charge is 0.480 e. The third-order valence-corrected chi connectivity index (χ3v) is 4.11. The fraction of sp³-hybridized carbons (Fsp3) is 0.778. The summed E-state index contributed by atoms with van der Waals surface area (Å²) in [6, 6.07) is -2.30. The number of carboxylic acids is 3. The van der Waals surface area contributed by atoms with Crippen molar-refractivity contribution < 1.29 is 34.8 Å². The van der Waals surface area contributed by atoms with Gasteiger partial charge < -0.3 is 48.7 Å². The molecule has 0 saturated heterocycles. The van der Waals surface area contributed by atoms with Gasteiger partial charge >= 0.3 is 17.9 Å². The van der Waals surface area contributed by atoms with Crippen LogP contribution in [-0.2, 0) is 14.4 Å². The molecule has 4 atom stereocenters. The monoisotopic (exact) mass is 452 g/mol. The number of unbranched alkanes of at least 4 members (excludes halogenated alkanes) is 1. The molecule has 14 N–H and O–H groups in total. The summed E-state index contributed by atoms with van der Waals surface area (Å²) in [5.41, 5.74) is 20.7. The molecule has 0 rings (SSSR count). The maximum Gasteiger partial charge on any atom is 0.320 e. The highest BCUT2D eigenvalue weighted by Crippen LogP contribution is 2.04. The summed E-state index contributed by atoms with van der Waals surface area (Å²) in [7, 11) is 0. The van der Waals surface area contributed by atoms with E-state index in [0.29, 0.717) is 32.2 Å². The quantitative estimate of drug-likeness (QED) is 0.0883. The van der Waals surface area contributed by atoms with Crippen LogP contribution in [0.2, 0.25) is 0 Å². The molecule has 31 heavy (non-hydrogen) atoms. The summed E-state index contributed by atoms with van der Waals surface area (Å²) in [5.74, 6) is -2.89. The third kappa shape index (κ3) is 23.7. The zero-order valence-corrected chi connectivity index (χ0v) is 18.3. The van der Waals surface area contributed by atoms with E-state index in [1.54, 1.807) is 0 Å². The van der Waals surface area contributed by atoms with Crippen molar-refractivity contribution in [2.24, 2.45) is 28.9 Å². The lowest BCUT2D eigenvalue weighted by molar-refractivity contribution is -0.140. The second-order valence-electron chi connectivity index (χ2n) is 6.84. The van der Waals surface area contributed by atoms with Crippen molar-refractivity contribution in [3.8, 4) is 0 Å². The summed E-state index contributed by atoms with van der Waals surface area (Å²) < 4.78 is 0. The first-order chi connectivity index (χ1) is 14.3. The number of aliphatic hydroxyl groups is 1. The van der Waals surface area contributed by atoms with Crippen molar-refractivity contribution in [3.63, 3.8) is 0 Å². The van der Waals surface area contributed by atoms with Gasteiger partial charge in [0, 0.05) is 13.2 Å². The molecule has 13 heteroatoms. The van der Waals surface area contributed by atoms with E-state index in [1.807, 2.05) is 13.8 Å². The zero-order chi connectivity index (χ0) is 25.0. The number of aliphatic hydroxyl groups excluding tert-OH is 1. The predicted molar refractivity (Wildman–Crippen MR) is 116 cm³/mol. The van der Waals surface area contributed by atoms with Crippen LogP contribution in [0.5, 0.6) is 0 Å². The highest BCUT2D eigenvalue weighted by Gasteiger charge is 2.17. The Morgan fingerprint density at radius 3 is 1.65 bits per heavy atom. The first-order valence-electron chi connectivity index (χ1n) is 9.95. The number of rotatable bonds is 13. The van der Waals surface area contributed by atoms with Crippen LogP contribution in [0.25, 0.3) is 0 Å². The van der Waals surface area contributed by atoms with E-state index in [1.165, 1.54) is 0 Å². The molecule has 0 saturated carbocycles. The second-order valence-corrected chi connectivity index (χ2v) is 6.84. The average Bonchev–Trinajstić information content (AvgIpc) is 2.70. The Morgan fingerprint density at radius 2 is 1.35 bits per heavy atom. The van der Waals surface area contributed by atoms with Crippen molar-refractivity contribution >= 4 is 23.9 Å². The fourth-order valence-electron chi connectivity index (χ4n) is 1.77. The molecule has 0 aliphatic carbocycles. The molecule has 0 aromatic carbocycles. The van der Waals surface area contributed by atoms with Gasteiger partial charge in [-0.3, -0.25) is 19.8 Å². The van der Waals surface area contributed by atoms with Gasteiger partial charge in [-0.2, -0.15) is 0 Å². The normalized spacial score (nSPS) is 13.7. The van der Waals surface area contributed by atoms with Gasteiger partial charge in [0.1, 0.15) is 18.1 Å². The van der Waals surface area contributed by atoms with Crippen LogP contribution in [-0.4, -0.2) is 75.6 Å². The smallest absolute Gasteiger partial charge is 0.320 e. The van der Waals surface area contributed by atoms with E-state index < -0.39 is 36.0 Å². The minimum Gasteiger partial charge on any atom is -0.480 e. The van der Waals surface area contributed by atoms with Crippen LogP contribution in [0.1, 0.15) is 52.4 Å². The Kier molecular flexibility index (Phi) is 22.2. The Hall–Kier alpha value is -2.48. The zero-order valence-electron chi connectivity index (χ0n) is 18.3. The van der Waals surface area contributed by atoms with Crippen LogP contribution in [0.3, 0.4) is 0 Å². The van der Waals surface area contributed by atoms with Crippen LogP contribution in [0.4, 0.5) is 0 Å². The van der Waals surface area contributed by atoms with Gasteiger partial charge in [0.2, 0.25) is 0 Å². The summed E-state index contributed by atoms with van der Waals surface area (Å²) >= 11 is 0. The van der Waals surface area contributed by atoms with E-state index in [2.05, 4.69) is 5.32 Å². The Balaban J connectivity index is -0.000000390. The molecule has 1 unspecified atom stereocenters. The van der Waals surface area contributed by atoms with Gasteiger partial charge in [-0.15, -0.1) is 0 Å². The van der Waals surface area contributed by atoms with Crippen molar-refractivity contribution in [1.29, 1.82) is 5.41 Å². The number of carboxylic acid groups (broad SMARTS) is 3. The molecule has 0 radical (unpaired) electrons. The molecule has 0 aromatic rings. The molecule has 0 spiro atoms. The molecule has 0 bridgehead atoms. The maximum absolute atomic E-state index is 10.3. The number of nitrogens with two attached hydrogens (primary N) is 4. The molecule has 0 aliphatic heterocycles. The van der Waals surface area contributed by atoms with Crippen LogP contribution >= 0.6 is 0 Å². The van der Waals surface area contributed by atoms with Crippen molar-refractivity contribution in [3.05, 3.63) is 0 Å². The standard InChI is InChI=1S/C7H16N4O2.C6H13NO2.C5H11NO3/c8-5(6(12)13)3-1-2-4-11-7(9)10;1-3-4(2)5(7)6(8)9;6-4(5(8)9)2-1-3-7/h5H,1-4,8H2,(H,12,13)(H4,9,10,11);4-5H,3,7H2,1-2H3,(H,8,9);4,7H,1-3,6H2,(H,8,9)/t5-;4-,5-;/m00./s1. The lowest BCUT2D eigenvalue weighted by Gasteiger charge is -2.11. The molecule has 13 nitrogen and oxygen atoms in total. The maximum atomic E-state index is 10.3. The van der Waals surface area contributed by atoms with E-state index >= 15 is 0 Å². The summed E-state index contributed by atoms with van der Waals surface area (Å²) in [6.45, 7) is 4.34. The van der Waals surface area contributed by atoms with Crippen molar-refractivity contribution in [2.75, 3.05) is 13.2 Å². The first kappa shape index (κ1) is 33.2. The molecule has 0 heterocycles. The van der Waals surface area contributed by atoms with Gasteiger partial charge in [0.15, 0.2) is 5.96 Å². The molecule has 0 aliphatic rings. The number of aliphatic carboxylic acids is 3. The van der Waals surface area contributed by atoms with Gasteiger partial charge in [-0.1, -0.05) is 20.3 Å². The third-order valence-electron chi connectivity index (χ3n) is 4.11. The predicted octanol–water partition coefficient (Wildman–Crippen LogP) is -1.33. The molecular formula is C18H40N6O7. The highest BCUT2D eigenvalue weighted by molar-refractivity contribution is 5.74. The number of hydrogen-bond donors (Lipinski definition) is 10. The minimum atomic E-state index is -1.01. The lowest BCUT2D eigenvalue weighted by atomic mass is 10.0. The topological polar surface area (TPSA) is 272 Å². The number of guanidine groups is 1. The van der Waals surface area contributed by atoms with Crippen molar-refractivity contribution in [1.82, 2.24) is 5.32 Å². The first-order valence-corrected chi connectivity index (χ1v) is 9.95. The van der Waals surface area contributed by atoms with Crippen LogP contribution in [0.15, 0.2) is 0 Å². The SMILES string of the molecule is CC[C@H](C)[C@H](N)C(=O)O.N=C(N)NCCCC[C@H](N)C(=O)O.NC(CCCO)C(=O)O. The average molecular weight is 453 g/mol. The lowest BCUT2D eigenvalue weighted by Crippen LogP contribution is -2.36. The van der Waals surface area contributed by atoms with E-state index in [0.717, 1.165) is 12.8 Å². The van der Waals surface area contributed by atoms with E-state index in [-0.39, 0.29) is 18.5 Å². The van der Waals surface area contributed by atoms with Gasteiger partial charge in [-0.25, -0.2) is 0 Å². The summed E-state index contributed by atoms with van der Waals surface area (Å²) in [5, 5.41) is 42.7. The van der Waals surface area contributed by atoms with Crippen molar-refractivity contribution in [2.45, 2.75) is 70.5 Å².